The summed E-state index contributed by atoms with van der Waals surface area (Å²) in [6, 6.07) is 5.23. The highest BCUT2D eigenvalue weighted by Gasteiger charge is 2.22. The standard InChI is InChI=1S/C13H17BrFNO/c1-9-6-16(7-10(2)17-9)8-11-3-4-12(14)5-13(11)15/h3-5,9-10H,6-8H2,1-2H3. The van der Waals surface area contributed by atoms with Gasteiger partial charge in [0, 0.05) is 29.7 Å². The minimum absolute atomic E-state index is 0.147. The normalized spacial score (nSPS) is 26.1. The molecule has 1 aliphatic heterocycles. The molecular formula is C13H17BrFNO. The third kappa shape index (κ3) is 3.50. The van der Waals surface area contributed by atoms with Gasteiger partial charge in [0.25, 0.3) is 0 Å². The molecule has 0 aromatic heterocycles. The molecule has 2 unspecified atom stereocenters. The SMILES string of the molecule is CC1CN(Cc2ccc(Br)cc2F)CC(C)O1. The molecule has 94 valence electrons. The molecule has 1 aromatic rings. The van der Waals surface area contributed by atoms with Crippen molar-refractivity contribution in [3.63, 3.8) is 0 Å². The molecule has 1 aromatic carbocycles. The Kier molecular flexibility index (Phi) is 4.17. The fraction of sp³-hybridized carbons (Fsp3) is 0.538. The molecule has 2 rings (SSSR count). The Balaban J connectivity index is 2.04. The molecule has 1 heterocycles. The summed E-state index contributed by atoms with van der Waals surface area (Å²) in [7, 11) is 0. The van der Waals surface area contributed by atoms with Gasteiger partial charge in [0.1, 0.15) is 5.82 Å². The van der Waals surface area contributed by atoms with Crippen LogP contribution in [0.5, 0.6) is 0 Å². The maximum atomic E-state index is 13.7. The van der Waals surface area contributed by atoms with Crippen molar-refractivity contribution in [3.8, 4) is 0 Å². The van der Waals surface area contributed by atoms with E-state index in [-0.39, 0.29) is 18.0 Å². The molecule has 2 atom stereocenters. The first-order valence-corrected chi connectivity index (χ1v) is 6.65. The predicted molar refractivity (Wildman–Crippen MR) is 69.4 cm³/mol. The number of halogens is 2. The zero-order valence-electron chi connectivity index (χ0n) is 10.1. The van der Waals surface area contributed by atoms with Crippen LogP contribution in [-0.4, -0.2) is 30.2 Å². The number of rotatable bonds is 2. The van der Waals surface area contributed by atoms with E-state index in [0.717, 1.165) is 23.1 Å². The molecule has 1 saturated heterocycles. The first-order valence-electron chi connectivity index (χ1n) is 5.86. The number of ether oxygens (including phenoxy) is 1. The second kappa shape index (κ2) is 5.46. The third-order valence-corrected chi connectivity index (χ3v) is 3.40. The summed E-state index contributed by atoms with van der Waals surface area (Å²) in [5.74, 6) is -0.147. The second-order valence-electron chi connectivity index (χ2n) is 4.69. The molecule has 0 radical (unpaired) electrons. The van der Waals surface area contributed by atoms with Crippen LogP contribution in [0.4, 0.5) is 4.39 Å². The lowest BCUT2D eigenvalue weighted by atomic mass is 10.1. The van der Waals surface area contributed by atoms with Crippen molar-refractivity contribution < 1.29 is 9.13 Å². The van der Waals surface area contributed by atoms with Crippen LogP contribution in [0, 0.1) is 5.82 Å². The van der Waals surface area contributed by atoms with Gasteiger partial charge in [0.05, 0.1) is 12.2 Å². The van der Waals surface area contributed by atoms with Crippen LogP contribution in [0.2, 0.25) is 0 Å². The summed E-state index contributed by atoms with van der Waals surface area (Å²) in [5.41, 5.74) is 0.745. The molecule has 0 saturated carbocycles. The molecular weight excluding hydrogens is 285 g/mol. The van der Waals surface area contributed by atoms with Gasteiger partial charge in [-0.05, 0) is 26.0 Å². The average Bonchev–Trinajstić information content (AvgIpc) is 2.21. The van der Waals surface area contributed by atoms with Gasteiger partial charge in [-0.25, -0.2) is 4.39 Å². The summed E-state index contributed by atoms with van der Waals surface area (Å²) in [4.78, 5) is 2.24. The Morgan fingerprint density at radius 3 is 2.59 bits per heavy atom. The Morgan fingerprint density at radius 1 is 1.35 bits per heavy atom. The van der Waals surface area contributed by atoms with E-state index in [2.05, 4.69) is 34.7 Å². The van der Waals surface area contributed by atoms with Crippen LogP contribution in [0.1, 0.15) is 19.4 Å². The minimum atomic E-state index is -0.147. The number of hydrogen-bond acceptors (Lipinski definition) is 2. The zero-order chi connectivity index (χ0) is 12.4. The summed E-state index contributed by atoms with van der Waals surface area (Å²) in [5, 5.41) is 0. The molecule has 2 nitrogen and oxygen atoms in total. The predicted octanol–water partition coefficient (Wildman–Crippen LogP) is 3.20. The van der Waals surface area contributed by atoms with Gasteiger partial charge in [0.2, 0.25) is 0 Å². The van der Waals surface area contributed by atoms with Crippen molar-refractivity contribution in [1.29, 1.82) is 0 Å². The second-order valence-corrected chi connectivity index (χ2v) is 5.60. The number of morpholine rings is 1. The molecule has 0 N–H and O–H groups in total. The van der Waals surface area contributed by atoms with Crippen LogP contribution >= 0.6 is 15.9 Å². The van der Waals surface area contributed by atoms with Gasteiger partial charge in [-0.1, -0.05) is 22.0 Å². The lowest BCUT2D eigenvalue weighted by molar-refractivity contribution is -0.0707. The Morgan fingerprint density at radius 2 is 2.00 bits per heavy atom. The summed E-state index contributed by atoms with van der Waals surface area (Å²) in [6.45, 7) is 6.48. The lowest BCUT2D eigenvalue weighted by Gasteiger charge is -2.35. The fourth-order valence-corrected chi connectivity index (χ4v) is 2.64. The van der Waals surface area contributed by atoms with Crippen molar-refractivity contribution in [3.05, 3.63) is 34.1 Å². The van der Waals surface area contributed by atoms with E-state index in [1.165, 1.54) is 6.07 Å². The smallest absolute Gasteiger partial charge is 0.128 e. The molecule has 17 heavy (non-hydrogen) atoms. The largest absolute Gasteiger partial charge is 0.373 e. The van der Waals surface area contributed by atoms with Crippen LogP contribution < -0.4 is 0 Å². The van der Waals surface area contributed by atoms with Gasteiger partial charge in [0.15, 0.2) is 0 Å². The average molecular weight is 302 g/mol. The molecule has 0 bridgehead atoms. The summed E-state index contributed by atoms with van der Waals surface area (Å²) in [6.07, 6.45) is 0.439. The van der Waals surface area contributed by atoms with E-state index in [0.29, 0.717) is 6.54 Å². The van der Waals surface area contributed by atoms with Gasteiger partial charge in [-0.2, -0.15) is 0 Å². The van der Waals surface area contributed by atoms with Gasteiger partial charge in [-0.15, -0.1) is 0 Å². The first-order chi connectivity index (χ1) is 8.04. The van der Waals surface area contributed by atoms with E-state index in [4.69, 9.17) is 4.74 Å². The number of nitrogens with zero attached hydrogens (tertiary/aromatic N) is 1. The maximum absolute atomic E-state index is 13.7. The number of benzene rings is 1. The third-order valence-electron chi connectivity index (χ3n) is 2.90. The topological polar surface area (TPSA) is 12.5 Å². The Labute approximate surface area is 110 Å². The zero-order valence-corrected chi connectivity index (χ0v) is 11.7. The van der Waals surface area contributed by atoms with E-state index in [9.17, 15) is 4.39 Å². The molecule has 0 amide bonds. The van der Waals surface area contributed by atoms with Gasteiger partial charge in [-0.3, -0.25) is 4.90 Å². The van der Waals surface area contributed by atoms with Gasteiger partial charge < -0.3 is 4.74 Å². The summed E-state index contributed by atoms with van der Waals surface area (Å²) >= 11 is 3.27. The Bertz CT molecular complexity index is 389. The van der Waals surface area contributed by atoms with E-state index < -0.39 is 0 Å². The monoisotopic (exact) mass is 301 g/mol. The lowest BCUT2D eigenvalue weighted by Crippen LogP contribution is -2.44. The Hall–Kier alpha value is -0.450. The number of hydrogen-bond donors (Lipinski definition) is 0. The van der Waals surface area contributed by atoms with Crippen molar-refractivity contribution in [2.45, 2.75) is 32.6 Å². The van der Waals surface area contributed by atoms with Gasteiger partial charge >= 0.3 is 0 Å². The summed E-state index contributed by atoms with van der Waals surface area (Å²) < 4.78 is 20.2. The van der Waals surface area contributed by atoms with Crippen LogP contribution in [0.15, 0.2) is 22.7 Å². The van der Waals surface area contributed by atoms with Crippen LogP contribution in [0.3, 0.4) is 0 Å². The molecule has 1 fully saturated rings. The fourth-order valence-electron chi connectivity index (χ4n) is 2.30. The quantitative estimate of drug-likeness (QED) is 0.832. The van der Waals surface area contributed by atoms with Crippen molar-refractivity contribution in [1.82, 2.24) is 4.90 Å². The van der Waals surface area contributed by atoms with E-state index in [1.54, 1.807) is 0 Å². The molecule has 0 aliphatic carbocycles. The highest BCUT2D eigenvalue weighted by molar-refractivity contribution is 9.10. The first kappa shape index (κ1) is 13.0. The van der Waals surface area contributed by atoms with Crippen molar-refractivity contribution in [2.24, 2.45) is 0 Å². The highest BCUT2D eigenvalue weighted by atomic mass is 79.9. The van der Waals surface area contributed by atoms with E-state index in [1.807, 2.05) is 12.1 Å². The van der Waals surface area contributed by atoms with E-state index >= 15 is 0 Å². The van der Waals surface area contributed by atoms with Crippen molar-refractivity contribution in [2.75, 3.05) is 13.1 Å². The van der Waals surface area contributed by atoms with Crippen molar-refractivity contribution >= 4 is 15.9 Å². The highest BCUT2D eigenvalue weighted by Crippen LogP contribution is 2.19. The molecule has 1 aliphatic rings. The minimum Gasteiger partial charge on any atom is -0.373 e. The molecule has 0 spiro atoms. The maximum Gasteiger partial charge on any atom is 0.128 e. The van der Waals surface area contributed by atoms with Crippen LogP contribution in [0.25, 0.3) is 0 Å². The van der Waals surface area contributed by atoms with Crippen LogP contribution in [-0.2, 0) is 11.3 Å². The molecule has 4 heteroatoms.